The first kappa shape index (κ1) is 8.24. The molecule has 0 aliphatic carbocycles. The molecule has 0 unspecified atom stereocenters. The molecule has 1 N–H and O–H groups in total. The van der Waals surface area contributed by atoms with Gasteiger partial charge in [-0.15, -0.1) is 0 Å². The number of aryl methyl sites for hydroxylation is 2. The van der Waals surface area contributed by atoms with Gasteiger partial charge in [0.05, 0.1) is 5.39 Å². The Labute approximate surface area is 124 Å². The molecule has 0 saturated heterocycles. The molecule has 0 fully saturated rings. The second-order valence-corrected chi connectivity index (χ2v) is 4.65. The highest BCUT2D eigenvalue weighted by molar-refractivity contribution is 5.78. The largest absolute Gasteiger partial charge is 0.347 e. The average molecular weight is 283 g/mol. The lowest BCUT2D eigenvalue weighted by atomic mass is 10.2. The van der Waals surface area contributed by atoms with Crippen molar-refractivity contribution in [3.63, 3.8) is 0 Å². The number of ketones is 1. The van der Waals surface area contributed by atoms with Crippen LogP contribution in [-0.4, -0.2) is 19.9 Å². The maximum absolute atomic E-state index is 12.6. The smallest absolute Gasteiger partial charge is 0.332 e. The van der Waals surface area contributed by atoms with Crippen LogP contribution in [0, 0.1) is 6.92 Å². The lowest BCUT2D eigenvalue weighted by Gasteiger charge is -2.08. The number of aromatic nitrogens is 3. The Morgan fingerprint density at radius 2 is 2.20 bits per heavy atom. The quantitative estimate of drug-likeness (QED) is 0.835. The summed E-state index contributed by atoms with van der Waals surface area (Å²) in [6.07, 6.45) is 1.60. The lowest BCUT2D eigenvalue weighted by Crippen LogP contribution is -2.39. The van der Waals surface area contributed by atoms with E-state index in [1.54, 1.807) is 6.92 Å². The summed E-state index contributed by atoms with van der Waals surface area (Å²) >= 11 is 0. The van der Waals surface area contributed by atoms with Gasteiger partial charge in [0, 0.05) is 34.4 Å². The van der Waals surface area contributed by atoms with E-state index in [4.69, 9.17) is 8.22 Å². The lowest BCUT2D eigenvalue weighted by molar-refractivity contribution is -0.117. The molecule has 6 nitrogen and oxygen atoms in total. The summed E-state index contributed by atoms with van der Waals surface area (Å²) in [6.45, 7) is -3.94. The second-order valence-electron chi connectivity index (χ2n) is 4.65. The van der Waals surface area contributed by atoms with E-state index in [0.29, 0.717) is 10.1 Å². The fraction of sp³-hybridized carbons (Fsp3) is 0.500. The van der Waals surface area contributed by atoms with Crippen molar-refractivity contribution in [2.45, 2.75) is 39.6 Å². The Balaban J connectivity index is 2.36. The molecule has 2 heterocycles. The standard InChI is InChI=1S/C14H19N3O3/c1-9-8-15-12-11(9)13(19)17(14(20)16(12)3)7-5-4-6-10(2)18/h8,15H,4-7H2,1-3H3/i2D3,3D3. The fourth-order valence-corrected chi connectivity index (χ4v) is 2.14. The second kappa shape index (κ2) is 5.48. The molecule has 2 aromatic rings. The van der Waals surface area contributed by atoms with Crippen molar-refractivity contribution >= 4 is 16.8 Å². The minimum absolute atomic E-state index is 0.0636. The maximum Gasteiger partial charge on any atom is 0.332 e. The molecule has 0 bridgehead atoms. The summed E-state index contributed by atoms with van der Waals surface area (Å²) in [7, 11) is 0. The molecule has 0 spiro atoms. The molecular weight excluding hydrogens is 258 g/mol. The first-order valence-electron chi connectivity index (χ1n) is 9.23. The van der Waals surface area contributed by atoms with Gasteiger partial charge in [-0.1, -0.05) is 0 Å². The van der Waals surface area contributed by atoms with Crippen LogP contribution in [0.1, 0.15) is 39.9 Å². The van der Waals surface area contributed by atoms with Gasteiger partial charge in [-0.05, 0) is 32.2 Å². The van der Waals surface area contributed by atoms with Crippen LogP contribution in [-0.2, 0) is 18.3 Å². The molecule has 20 heavy (non-hydrogen) atoms. The number of H-pyrrole nitrogens is 1. The first-order valence-corrected chi connectivity index (χ1v) is 6.23. The molecular formula is C14H19N3O3. The molecule has 2 aromatic heterocycles. The Bertz CT molecular complexity index is 948. The average Bonchev–Trinajstić information content (AvgIpc) is 2.85. The number of unbranched alkanes of at least 4 members (excludes halogenated alkanes) is 1. The normalized spacial score (nSPS) is 16.9. The highest BCUT2D eigenvalue weighted by Crippen LogP contribution is 2.10. The van der Waals surface area contributed by atoms with Gasteiger partial charge >= 0.3 is 5.69 Å². The third kappa shape index (κ3) is 2.45. The number of nitrogens with zero attached hydrogens (tertiary/aromatic N) is 2. The summed E-state index contributed by atoms with van der Waals surface area (Å²) < 4.78 is 45.1. The number of rotatable bonds is 5. The van der Waals surface area contributed by atoms with E-state index < -0.39 is 30.9 Å². The van der Waals surface area contributed by atoms with Gasteiger partial charge in [0.1, 0.15) is 11.4 Å². The molecule has 0 aliphatic rings. The van der Waals surface area contributed by atoms with Gasteiger partial charge in [0.15, 0.2) is 0 Å². The van der Waals surface area contributed by atoms with Crippen LogP contribution < -0.4 is 11.2 Å². The molecule has 2 rings (SSSR count). The third-order valence-corrected chi connectivity index (χ3v) is 3.20. The zero-order valence-electron chi connectivity index (χ0n) is 17.0. The Morgan fingerprint density at radius 1 is 1.40 bits per heavy atom. The summed E-state index contributed by atoms with van der Waals surface area (Å²) in [5.74, 6) is -0.887. The summed E-state index contributed by atoms with van der Waals surface area (Å²) in [6, 6.07) is 0. The molecule has 0 aromatic carbocycles. The number of fused-ring (bicyclic) bond motifs is 1. The Hall–Kier alpha value is -2.11. The van der Waals surface area contributed by atoms with Crippen LogP contribution in [0.3, 0.4) is 0 Å². The highest BCUT2D eigenvalue weighted by atomic mass is 16.2. The van der Waals surface area contributed by atoms with Crippen LogP contribution in [0.5, 0.6) is 0 Å². The number of hydrogen-bond acceptors (Lipinski definition) is 3. The van der Waals surface area contributed by atoms with E-state index in [2.05, 4.69) is 4.98 Å². The van der Waals surface area contributed by atoms with Gasteiger partial charge in [-0.25, -0.2) is 4.79 Å². The van der Waals surface area contributed by atoms with Crippen molar-refractivity contribution in [1.82, 2.24) is 14.1 Å². The van der Waals surface area contributed by atoms with E-state index >= 15 is 0 Å². The number of carbonyl (C=O) groups is 1. The Morgan fingerprint density at radius 3 is 2.90 bits per heavy atom. The molecule has 0 amide bonds. The van der Waals surface area contributed by atoms with Gasteiger partial charge in [-0.2, -0.15) is 0 Å². The SMILES string of the molecule is [2H]C([2H])([2H])C(=O)CCCCn1c(=O)c2c(C)c[nH]c2n(C([2H])([2H])[2H])c1=O. The summed E-state index contributed by atoms with van der Waals surface area (Å²) in [5, 5.41) is 0.110. The third-order valence-electron chi connectivity index (χ3n) is 3.20. The van der Waals surface area contributed by atoms with E-state index in [-0.39, 0.29) is 36.8 Å². The molecule has 6 heteroatoms. The van der Waals surface area contributed by atoms with Gasteiger partial charge in [0.25, 0.3) is 5.56 Å². The van der Waals surface area contributed by atoms with Crippen LogP contribution in [0.15, 0.2) is 15.8 Å². The minimum atomic E-state index is -2.78. The number of aromatic amines is 1. The number of nitrogens with one attached hydrogen (secondary N) is 1. The predicted molar refractivity (Wildman–Crippen MR) is 77.1 cm³/mol. The van der Waals surface area contributed by atoms with Crippen molar-refractivity contribution in [3.05, 3.63) is 32.6 Å². The predicted octanol–water partition coefficient (Wildman–Crippen LogP) is 1.10. The Kier molecular flexibility index (Phi) is 2.26. The molecule has 0 atom stereocenters. The van der Waals surface area contributed by atoms with Crippen molar-refractivity contribution in [3.8, 4) is 0 Å². The number of Topliss-reactive ketones (excluding diaryl/α,β-unsaturated/α-hetero) is 1. The zero-order chi connectivity index (χ0) is 19.9. The summed E-state index contributed by atoms with van der Waals surface area (Å²) in [5.41, 5.74) is -1.15. The van der Waals surface area contributed by atoms with E-state index in [1.165, 1.54) is 6.20 Å². The molecule has 0 saturated carbocycles. The van der Waals surface area contributed by atoms with E-state index in [1.807, 2.05) is 0 Å². The number of carbonyl (C=O) groups excluding carboxylic acids is 1. The van der Waals surface area contributed by atoms with Crippen LogP contribution >= 0.6 is 0 Å². The van der Waals surface area contributed by atoms with Crippen LogP contribution in [0.4, 0.5) is 0 Å². The summed E-state index contributed by atoms with van der Waals surface area (Å²) in [4.78, 5) is 39.2. The minimum Gasteiger partial charge on any atom is -0.347 e. The van der Waals surface area contributed by atoms with Gasteiger partial charge < -0.3 is 9.78 Å². The van der Waals surface area contributed by atoms with Gasteiger partial charge in [-0.3, -0.25) is 13.9 Å². The molecule has 0 aliphatic heterocycles. The van der Waals surface area contributed by atoms with Gasteiger partial charge in [0.2, 0.25) is 0 Å². The fourth-order valence-electron chi connectivity index (χ4n) is 2.14. The molecule has 0 radical (unpaired) electrons. The molecule has 108 valence electrons. The van der Waals surface area contributed by atoms with Crippen molar-refractivity contribution in [2.75, 3.05) is 0 Å². The van der Waals surface area contributed by atoms with Crippen molar-refractivity contribution in [1.29, 1.82) is 0 Å². The first-order chi connectivity index (χ1) is 11.9. The highest BCUT2D eigenvalue weighted by Gasteiger charge is 2.13. The maximum atomic E-state index is 12.6. The van der Waals surface area contributed by atoms with Crippen molar-refractivity contribution in [2.24, 2.45) is 6.98 Å². The van der Waals surface area contributed by atoms with E-state index in [9.17, 15) is 14.4 Å². The van der Waals surface area contributed by atoms with Crippen LogP contribution in [0.2, 0.25) is 0 Å². The monoisotopic (exact) mass is 283 g/mol. The zero-order valence-corrected chi connectivity index (χ0v) is 11.0. The van der Waals surface area contributed by atoms with E-state index in [0.717, 1.165) is 4.57 Å². The van der Waals surface area contributed by atoms with Crippen molar-refractivity contribution < 1.29 is 13.0 Å². The number of hydrogen-bond donors (Lipinski definition) is 1. The topological polar surface area (TPSA) is 76.9 Å². The van der Waals surface area contributed by atoms with Crippen LogP contribution in [0.25, 0.3) is 11.0 Å².